The first-order valence-electron chi connectivity index (χ1n) is 7.63. The maximum Gasteiger partial charge on any atom is 0.338 e. The molecule has 0 aliphatic heterocycles. The number of halogens is 6. The van der Waals surface area contributed by atoms with E-state index in [1.54, 1.807) is 24.3 Å². The van der Waals surface area contributed by atoms with Crippen LogP contribution in [-0.4, -0.2) is 18.1 Å². The fourth-order valence-corrected chi connectivity index (χ4v) is 3.90. The van der Waals surface area contributed by atoms with E-state index in [9.17, 15) is 4.79 Å². The number of carbonyl (C=O) groups excluding carboxylic acids is 1. The van der Waals surface area contributed by atoms with Gasteiger partial charge in [-0.1, -0.05) is 75.7 Å². The first kappa shape index (κ1) is 21.5. The largest absolute Gasteiger partial charge is 0.465 e. The van der Waals surface area contributed by atoms with Crippen LogP contribution in [-0.2, 0) is 4.74 Å². The maximum atomic E-state index is 12.4. The number of rotatable bonds is 3. The third-order valence-electron chi connectivity index (χ3n) is 3.95. The summed E-state index contributed by atoms with van der Waals surface area (Å²) in [6.45, 7) is 0. The summed E-state index contributed by atoms with van der Waals surface area (Å²) in [5.74, 6) is -0.586. The first-order valence-corrected chi connectivity index (χ1v) is 9.89. The van der Waals surface area contributed by atoms with E-state index in [0.29, 0.717) is 22.4 Å². The summed E-state index contributed by atoms with van der Waals surface area (Å²) in [6.07, 6.45) is 1.45. The first-order chi connectivity index (χ1) is 13.3. The summed E-state index contributed by atoms with van der Waals surface area (Å²) in [7, 11) is 1.27. The number of aromatic nitrogens is 1. The van der Waals surface area contributed by atoms with E-state index in [0.717, 1.165) is 0 Å². The van der Waals surface area contributed by atoms with E-state index in [-0.39, 0.29) is 35.7 Å². The third kappa shape index (κ3) is 3.80. The van der Waals surface area contributed by atoms with E-state index in [1.165, 1.54) is 19.4 Å². The number of esters is 1. The van der Waals surface area contributed by atoms with Crippen LogP contribution >= 0.6 is 69.6 Å². The van der Waals surface area contributed by atoms with Gasteiger partial charge in [-0.15, -0.1) is 0 Å². The molecule has 2 aromatic carbocycles. The van der Waals surface area contributed by atoms with Gasteiger partial charge in [-0.3, -0.25) is 4.98 Å². The van der Waals surface area contributed by atoms with Crippen molar-refractivity contribution in [3.8, 4) is 22.4 Å². The standard InChI is InChI=1S/C19H9Cl6NO2/c1-28-19(27)9-6-7-26-18(10-3-5-12(21)17(25)15(10)23)13(9)8-2-4-11(20)16(24)14(8)22/h2-7H,1H3. The van der Waals surface area contributed by atoms with Crippen LogP contribution in [0.5, 0.6) is 0 Å². The highest BCUT2D eigenvalue weighted by molar-refractivity contribution is 6.50. The highest BCUT2D eigenvalue weighted by atomic mass is 35.5. The second-order valence-electron chi connectivity index (χ2n) is 5.52. The van der Waals surface area contributed by atoms with Gasteiger partial charge in [0.15, 0.2) is 0 Å². The molecule has 28 heavy (non-hydrogen) atoms. The molecule has 1 heterocycles. The van der Waals surface area contributed by atoms with Gasteiger partial charge in [0, 0.05) is 22.9 Å². The Morgan fingerprint density at radius 2 is 1.32 bits per heavy atom. The van der Waals surface area contributed by atoms with E-state index in [4.69, 9.17) is 74.3 Å². The van der Waals surface area contributed by atoms with Crippen LogP contribution < -0.4 is 0 Å². The predicted molar refractivity (Wildman–Crippen MR) is 117 cm³/mol. The Hall–Kier alpha value is -1.20. The van der Waals surface area contributed by atoms with E-state index in [1.807, 2.05) is 0 Å². The second-order valence-corrected chi connectivity index (χ2v) is 7.85. The van der Waals surface area contributed by atoms with Crippen molar-refractivity contribution in [3.63, 3.8) is 0 Å². The smallest absolute Gasteiger partial charge is 0.338 e. The quantitative estimate of drug-likeness (QED) is 0.272. The average molecular weight is 496 g/mol. The van der Waals surface area contributed by atoms with Gasteiger partial charge in [-0.25, -0.2) is 4.79 Å². The van der Waals surface area contributed by atoms with Gasteiger partial charge in [-0.2, -0.15) is 0 Å². The molecular weight excluding hydrogens is 487 g/mol. The lowest BCUT2D eigenvalue weighted by Crippen LogP contribution is -2.06. The van der Waals surface area contributed by atoms with Crippen LogP contribution in [0.3, 0.4) is 0 Å². The van der Waals surface area contributed by atoms with Crippen molar-refractivity contribution in [3.05, 3.63) is 72.2 Å². The number of carbonyl (C=O) groups is 1. The van der Waals surface area contributed by atoms with Crippen LogP contribution in [0.2, 0.25) is 30.1 Å². The van der Waals surface area contributed by atoms with Gasteiger partial charge in [-0.05, 0) is 24.3 Å². The molecule has 0 saturated heterocycles. The molecule has 3 rings (SSSR count). The van der Waals surface area contributed by atoms with Crippen LogP contribution in [0.15, 0.2) is 36.5 Å². The topological polar surface area (TPSA) is 39.2 Å². The lowest BCUT2D eigenvalue weighted by atomic mass is 9.94. The maximum absolute atomic E-state index is 12.4. The fraction of sp³-hybridized carbons (Fsp3) is 0.0526. The molecule has 0 aliphatic rings. The molecule has 9 heteroatoms. The molecule has 144 valence electrons. The summed E-state index contributed by atoms with van der Waals surface area (Å²) < 4.78 is 4.91. The highest BCUT2D eigenvalue weighted by Crippen LogP contribution is 2.45. The van der Waals surface area contributed by atoms with Gasteiger partial charge < -0.3 is 4.74 Å². The van der Waals surface area contributed by atoms with Crippen molar-refractivity contribution in [2.75, 3.05) is 7.11 Å². The van der Waals surface area contributed by atoms with Gasteiger partial charge in [0.2, 0.25) is 0 Å². The second kappa shape index (κ2) is 8.66. The average Bonchev–Trinajstić information content (AvgIpc) is 2.70. The minimum atomic E-state index is -0.586. The van der Waals surface area contributed by atoms with Gasteiger partial charge in [0.25, 0.3) is 0 Å². The summed E-state index contributed by atoms with van der Waals surface area (Å²) in [5.41, 5.74) is 1.83. The summed E-state index contributed by atoms with van der Waals surface area (Å²) in [6, 6.07) is 7.94. The van der Waals surface area contributed by atoms with Crippen molar-refractivity contribution in [1.29, 1.82) is 0 Å². The molecule has 0 fully saturated rings. The van der Waals surface area contributed by atoms with Crippen LogP contribution in [0.1, 0.15) is 10.4 Å². The Bertz CT molecular complexity index is 1100. The minimum absolute atomic E-state index is 0.145. The molecule has 3 nitrogen and oxygen atoms in total. The minimum Gasteiger partial charge on any atom is -0.465 e. The molecule has 0 bridgehead atoms. The van der Waals surface area contributed by atoms with Crippen molar-refractivity contribution in [2.45, 2.75) is 0 Å². The van der Waals surface area contributed by atoms with Gasteiger partial charge in [0.05, 0.1) is 48.5 Å². The predicted octanol–water partition coefficient (Wildman–Crippen LogP) is 8.12. The highest BCUT2D eigenvalue weighted by Gasteiger charge is 2.24. The normalized spacial score (nSPS) is 10.8. The Balaban J connectivity index is 2.43. The fourth-order valence-electron chi connectivity index (χ4n) is 2.65. The van der Waals surface area contributed by atoms with Crippen LogP contribution in [0.25, 0.3) is 22.4 Å². The zero-order valence-electron chi connectivity index (χ0n) is 14.0. The lowest BCUT2D eigenvalue weighted by Gasteiger charge is -2.17. The molecule has 3 aromatic rings. The van der Waals surface area contributed by atoms with E-state index < -0.39 is 5.97 Å². The number of ether oxygens (including phenoxy) is 1. The van der Waals surface area contributed by atoms with Crippen molar-refractivity contribution in [2.24, 2.45) is 0 Å². The molecule has 0 amide bonds. The van der Waals surface area contributed by atoms with E-state index in [2.05, 4.69) is 4.98 Å². The SMILES string of the molecule is COC(=O)c1ccnc(-c2ccc(Cl)c(Cl)c2Cl)c1-c1ccc(Cl)c(Cl)c1Cl. The molecule has 0 aliphatic carbocycles. The Morgan fingerprint density at radius 3 is 1.89 bits per heavy atom. The molecule has 0 atom stereocenters. The van der Waals surface area contributed by atoms with Crippen LogP contribution in [0, 0.1) is 0 Å². The van der Waals surface area contributed by atoms with Crippen molar-refractivity contribution in [1.82, 2.24) is 4.98 Å². The molecule has 0 N–H and O–H groups in total. The zero-order valence-corrected chi connectivity index (χ0v) is 18.5. The molecule has 1 aromatic heterocycles. The van der Waals surface area contributed by atoms with Gasteiger partial charge >= 0.3 is 5.97 Å². The summed E-state index contributed by atoms with van der Waals surface area (Å²) in [5, 5.41) is 1.21. The van der Waals surface area contributed by atoms with Crippen LogP contribution in [0.4, 0.5) is 0 Å². The molecule has 0 radical (unpaired) electrons. The molecule has 0 spiro atoms. The number of hydrogen-bond donors (Lipinski definition) is 0. The molecule has 0 saturated carbocycles. The zero-order chi connectivity index (χ0) is 20.6. The van der Waals surface area contributed by atoms with Crippen molar-refractivity contribution >= 4 is 75.6 Å². The Morgan fingerprint density at radius 1 is 0.786 bits per heavy atom. The number of hydrogen-bond acceptors (Lipinski definition) is 3. The molecule has 0 unspecified atom stereocenters. The number of pyridine rings is 1. The molecular formula is C19H9Cl6NO2. The Kier molecular flexibility index (Phi) is 6.65. The lowest BCUT2D eigenvalue weighted by molar-refractivity contribution is 0.0601. The number of benzene rings is 2. The summed E-state index contributed by atoms with van der Waals surface area (Å²) in [4.78, 5) is 16.8. The van der Waals surface area contributed by atoms with E-state index >= 15 is 0 Å². The van der Waals surface area contributed by atoms with Gasteiger partial charge in [0.1, 0.15) is 0 Å². The number of nitrogens with zero attached hydrogens (tertiary/aromatic N) is 1. The summed E-state index contributed by atoms with van der Waals surface area (Å²) >= 11 is 37.3. The van der Waals surface area contributed by atoms with Crippen molar-refractivity contribution < 1.29 is 9.53 Å². The monoisotopic (exact) mass is 493 g/mol. The Labute approximate surface area is 191 Å². The third-order valence-corrected chi connectivity index (χ3v) is 6.54. The number of methoxy groups -OCH3 is 1.